The molecule has 0 saturated carbocycles. The van der Waals surface area contributed by atoms with Gasteiger partial charge in [-0.3, -0.25) is 0 Å². The Labute approximate surface area is 126 Å². The lowest BCUT2D eigenvalue weighted by Gasteiger charge is -2.21. The van der Waals surface area contributed by atoms with E-state index >= 15 is 0 Å². The maximum Gasteiger partial charge on any atom is 0.242 e. The summed E-state index contributed by atoms with van der Waals surface area (Å²) < 4.78 is 27.7. The van der Waals surface area contributed by atoms with Crippen LogP contribution in [0.25, 0.3) is 0 Å². The second kappa shape index (κ2) is 6.94. The number of nitrogen functional groups attached to an aromatic ring is 1. The molecule has 0 amide bonds. The lowest BCUT2D eigenvalue weighted by molar-refractivity contribution is 0.282. The van der Waals surface area contributed by atoms with Crippen LogP contribution in [-0.4, -0.2) is 37.7 Å². The van der Waals surface area contributed by atoms with Crippen molar-refractivity contribution in [1.29, 1.82) is 0 Å². The predicted molar refractivity (Wildman–Crippen MR) is 82.7 cm³/mol. The molecule has 0 fully saturated rings. The van der Waals surface area contributed by atoms with E-state index in [2.05, 4.69) is 20.7 Å². The lowest BCUT2D eigenvalue weighted by Crippen LogP contribution is -2.41. The quantitative estimate of drug-likeness (QED) is 0.660. The van der Waals surface area contributed by atoms with E-state index in [0.717, 1.165) is 0 Å². The highest BCUT2D eigenvalue weighted by Crippen LogP contribution is 2.23. The fraction of sp³-hybridized carbons (Fsp3) is 0.455. The molecule has 0 bridgehead atoms. The summed E-state index contributed by atoms with van der Waals surface area (Å²) in [6.07, 6.45) is 1.82. The van der Waals surface area contributed by atoms with E-state index in [1.54, 1.807) is 13.0 Å². The zero-order valence-corrected chi connectivity index (χ0v) is 13.8. The highest BCUT2D eigenvalue weighted by molar-refractivity contribution is 9.10. The van der Waals surface area contributed by atoms with Crippen molar-refractivity contribution in [3.63, 3.8) is 0 Å². The van der Waals surface area contributed by atoms with Crippen LogP contribution < -0.4 is 10.5 Å². The van der Waals surface area contributed by atoms with E-state index in [4.69, 9.17) is 5.73 Å². The van der Waals surface area contributed by atoms with Crippen molar-refractivity contribution in [2.45, 2.75) is 23.1 Å². The highest BCUT2D eigenvalue weighted by atomic mass is 79.9. The van der Waals surface area contributed by atoms with Gasteiger partial charge in [-0.05, 0) is 31.4 Å². The average molecular weight is 369 g/mol. The van der Waals surface area contributed by atoms with Crippen LogP contribution in [0.5, 0.6) is 0 Å². The molecule has 0 aliphatic heterocycles. The summed E-state index contributed by atoms with van der Waals surface area (Å²) in [6, 6.07) is 4.26. The number of rotatable bonds is 6. The Morgan fingerprint density at radius 3 is 2.68 bits per heavy atom. The van der Waals surface area contributed by atoms with Gasteiger partial charge in [0, 0.05) is 15.8 Å². The van der Waals surface area contributed by atoms with E-state index in [0.29, 0.717) is 4.47 Å². The summed E-state index contributed by atoms with van der Waals surface area (Å²) in [5, 5.41) is 8.97. The molecule has 0 aromatic heterocycles. The van der Waals surface area contributed by atoms with Crippen LogP contribution in [0, 0.1) is 0 Å². The average Bonchev–Trinajstić information content (AvgIpc) is 2.33. The van der Waals surface area contributed by atoms with Gasteiger partial charge in [0.25, 0.3) is 0 Å². The van der Waals surface area contributed by atoms with Gasteiger partial charge >= 0.3 is 0 Å². The number of benzene rings is 1. The van der Waals surface area contributed by atoms with Crippen molar-refractivity contribution >= 4 is 43.4 Å². The Morgan fingerprint density at radius 2 is 2.16 bits per heavy atom. The van der Waals surface area contributed by atoms with Gasteiger partial charge < -0.3 is 10.8 Å². The second-order valence-corrected chi connectivity index (χ2v) is 7.72. The molecule has 0 aliphatic carbocycles. The zero-order chi connectivity index (χ0) is 14.6. The van der Waals surface area contributed by atoms with Crippen LogP contribution in [0.1, 0.15) is 6.92 Å². The number of aliphatic hydroxyl groups excluding tert-OH is 1. The molecule has 0 spiro atoms. The summed E-state index contributed by atoms with van der Waals surface area (Å²) in [5.41, 5.74) is 5.89. The maximum absolute atomic E-state index is 12.2. The van der Waals surface area contributed by atoms with E-state index in [1.165, 1.54) is 23.9 Å². The van der Waals surface area contributed by atoms with Crippen LogP contribution in [0.4, 0.5) is 5.69 Å². The smallest absolute Gasteiger partial charge is 0.242 e. The topological polar surface area (TPSA) is 92.4 Å². The van der Waals surface area contributed by atoms with Crippen molar-refractivity contribution in [2.24, 2.45) is 0 Å². The minimum Gasteiger partial charge on any atom is -0.398 e. The number of thioether (sulfide) groups is 1. The number of nitrogens with two attached hydrogens (primary N) is 1. The first-order valence-electron chi connectivity index (χ1n) is 5.53. The van der Waals surface area contributed by atoms with Crippen molar-refractivity contribution in [1.82, 2.24) is 4.72 Å². The van der Waals surface area contributed by atoms with Crippen LogP contribution in [-0.2, 0) is 10.0 Å². The van der Waals surface area contributed by atoms with Gasteiger partial charge in [0.05, 0.1) is 12.3 Å². The van der Waals surface area contributed by atoms with Crippen molar-refractivity contribution in [3.8, 4) is 0 Å². The molecule has 8 heteroatoms. The molecule has 2 atom stereocenters. The molecular weight excluding hydrogens is 352 g/mol. The Hall–Kier alpha value is -0.280. The molecule has 1 aromatic rings. The number of halogens is 1. The molecular formula is C11H17BrN2O3S2. The normalized spacial score (nSPS) is 15.2. The number of aliphatic hydroxyl groups is 1. The van der Waals surface area contributed by atoms with Gasteiger partial charge in [0.1, 0.15) is 4.90 Å². The van der Waals surface area contributed by atoms with E-state index in [9.17, 15) is 13.5 Å². The van der Waals surface area contributed by atoms with Crippen LogP contribution >= 0.6 is 27.7 Å². The van der Waals surface area contributed by atoms with Crippen LogP contribution in [0.3, 0.4) is 0 Å². The summed E-state index contributed by atoms with van der Waals surface area (Å²) in [7, 11) is -3.71. The van der Waals surface area contributed by atoms with Crippen LogP contribution in [0.2, 0.25) is 0 Å². The Balaban J connectivity index is 3.01. The number of anilines is 1. The molecule has 108 valence electrons. The molecule has 0 saturated heterocycles. The molecule has 2 unspecified atom stereocenters. The lowest BCUT2D eigenvalue weighted by atomic mass is 10.3. The van der Waals surface area contributed by atoms with Crippen molar-refractivity contribution in [3.05, 3.63) is 22.7 Å². The highest BCUT2D eigenvalue weighted by Gasteiger charge is 2.24. The summed E-state index contributed by atoms with van der Waals surface area (Å²) in [6.45, 7) is 1.61. The van der Waals surface area contributed by atoms with Gasteiger partial charge in [-0.1, -0.05) is 15.9 Å². The molecule has 1 rings (SSSR count). The van der Waals surface area contributed by atoms with E-state index < -0.39 is 16.1 Å². The third kappa shape index (κ3) is 4.35. The predicted octanol–water partition coefficient (Wildman–Crippen LogP) is 1.42. The largest absolute Gasteiger partial charge is 0.398 e. The van der Waals surface area contributed by atoms with Crippen molar-refractivity contribution < 1.29 is 13.5 Å². The van der Waals surface area contributed by atoms with Crippen LogP contribution in [0.15, 0.2) is 27.6 Å². The summed E-state index contributed by atoms with van der Waals surface area (Å²) >= 11 is 4.62. The fourth-order valence-corrected chi connectivity index (χ4v) is 4.23. The molecule has 1 aromatic carbocycles. The van der Waals surface area contributed by atoms with Gasteiger partial charge in [0.2, 0.25) is 10.0 Å². The molecule has 4 N–H and O–H groups in total. The Kier molecular flexibility index (Phi) is 6.13. The monoisotopic (exact) mass is 368 g/mol. The standard InChI is InChI=1S/C11H17BrN2O3S2/c1-7(10(6-15)18-2)14-19(16,17)11-5-8(12)3-4-9(11)13/h3-5,7,10,14-15H,6,13H2,1-2H3. The summed E-state index contributed by atoms with van der Waals surface area (Å²) in [4.78, 5) is 0.0338. The van der Waals surface area contributed by atoms with Gasteiger partial charge in [0.15, 0.2) is 0 Å². The first-order chi connectivity index (χ1) is 8.81. The number of sulfonamides is 1. The second-order valence-electron chi connectivity index (χ2n) is 4.05. The number of nitrogens with one attached hydrogen (secondary N) is 1. The van der Waals surface area contributed by atoms with Gasteiger partial charge in [-0.25, -0.2) is 13.1 Å². The molecule has 19 heavy (non-hydrogen) atoms. The molecule has 0 aliphatic rings. The first-order valence-corrected chi connectivity index (χ1v) is 9.09. The van der Waals surface area contributed by atoms with Gasteiger partial charge in [-0.15, -0.1) is 0 Å². The first kappa shape index (κ1) is 16.8. The third-order valence-corrected chi connectivity index (χ3v) is 5.92. The SMILES string of the molecule is CSC(CO)C(C)NS(=O)(=O)c1cc(Br)ccc1N. The minimum absolute atomic E-state index is 0.0338. The molecule has 5 nitrogen and oxygen atoms in total. The van der Waals surface area contributed by atoms with Gasteiger partial charge in [-0.2, -0.15) is 11.8 Å². The maximum atomic E-state index is 12.2. The van der Waals surface area contributed by atoms with E-state index in [-0.39, 0.29) is 22.4 Å². The minimum atomic E-state index is -3.71. The fourth-order valence-electron chi connectivity index (χ4n) is 1.56. The third-order valence-electron chi connectivity index (χ3n) is 2.65. The molecule has 0 heterocycles. The number of hydrogen-bond acceptors (Lipinski definition) is 5. The molecule has 0 radical (unpaired) electrons. The van der Waals surface area contributed by atoms with Crippen molar-refractivity contribution in [2.75, 3.05) is 18.6 Å². The number of hydrogen-bond donors (Lipinski definition) is 3. The summed E-state index contributed by atoms with van der Waals surface area (Å²) in [5.74, 6) is 0. The Bertz CT molecular complexity index is 533. The Morgan fingerprint density at radius 1 is 1.53 bits per heavy atom. The zero-order valence-electron chi connectivity index (χ0n) is 10.6. The van der Waals surface area contributed by atoms with E-state index in [1.807, 2.05) is 6.26 Å².